The van der Waals surface area contributed by atoms with Crippen LogP contribution in [0.1, 0.15) is 16.9 Å². The van der Waals surface area contributed by atoms with Crippen molar-refractivity contribution in [3.63, 3.8) is 0 Å². The van der Waals surface area contributed by atoms with Gasteiger partial charge in [0.15, 0.2) is 18.1 Å². The maximum absolute atomic E-state index is 12.5. The molecule has 1 aliphatic heterocycles. The van der Waals surface area contributed by atoms with E-state index >= 15 is 0 Å². The molecule has 9 nitrogen and oxygen atoms in total. The van der Waals surface area contributed by atoms with Crippen LogP contribution >= 0.6 is 0 Å². The van der Waals surface area contributed by atoms with E-state index in [4.69, 9.17) is 9.47 Å². The number of aromatic nitrogens is 3. The summed E-state index contributed by atoms with van der Waals surface area (Å²) in [5, 5.41) is 6.85. The molecule has 1 unspecified atom stereocenters. The molecule has 3 aromatic rings. The molecule has 1 N–H and O–H groups in total. The predicted molar refractivity (Wildman–Crippen MR) is 105 cm³/mol. The second-order valence-corrected chi connectivity index (χ2v) is 7.15. The summed E-state index contributed by atoms with van der Waals surface area (Å²) in [5.41, 5.74) is 0.604. The average molecular weight is 449 g/mol. The quantitative estimate of drug-likeness (QED) is 0.621. The van der Waals surface area contributed by atoms with Crippen molar-refractivity contribution in [1.82, 2.24) is 24.8 Å². The van der Waals surface area contributed by atoms with Gasteiger partial charge in [0.05, 0.1) is 5.52 Å². The average Bonchev–Trinajstić information content (AvgIpc) is 3.31. The Balaban J connectivity index is 1.49. The molecule has 4 heterocycles. The van der Waals surface area contributed by atoms with Gasteiger partial charge < -0.3 is 19.7 Å². The Labute approximate surface area is 179 Å². The zero-order valence-electron chi connectivity index (χ0n) is 16.8. The largest absolute Gasteiger partial charge is 0.478 e. The fourth-order valence-corrected chi connectivity index (χ4v) is 3.17. The van der Waals surface area contributed by atoms with E-state index in [1.807, 2.05) is 0 Å². The maximum atomic E-state index is 12.5. The van der Waals surface area contributed by atoms with E-state index in [0.29, 0.717) is 18.5 Å². The molecule has 0 saturated carbocycles. The van der Waals surface area contributed by atoms with E-state index in [2.05, 4.69) is 15.4 Å². The van der Waals surface area contributed by atoms with Crippen molar-refractivity contribution in [2.75, 3.05) is 20.2 Å². The Morgan fingerprint density at radius 1 is 1.31 bits per heavy atom. The summed E-state index contributed by atoms with van der Waals surface area (Å²) in [6.07, 6.45) is -1.10. The minimum absolute atomic E-state index is 0.108. The number of carbonyl (C=O) groups excluding carboxylic acids is 2. The van der Waals surface area contributed by atoms with Gasteiger partial charge in [-0.3, -0.25) is 9.59 Å². The summed E-state index contributed by atoms with van der Waals surface area (Å²) in [5.74, 6) is -0.687. The summed E-state index contributed by atoms with van der Waals surface area (Å²) in [7, 11) is 1.67. The Morgan fingerprint density at radius 3 is 2.84 bits per heavy atom. The summed E-state index contributed by atoms with van der Waals surface area (Å²) in [6.45, 7) is -0.910. The zero-order chi connectivity index (χ0) is 22.9. The number of nitrogens with one attached hydrogen (secondary N) is 1. The Hall–Kier alpha value is -3.83. The number of halogens is 3. The van der Waals surface area contributed by atoms with Crippen LogP contribution < -0.4 is 14.8 Å². The van der Waals surface area contributed by atoms with E-state index < -0.39 is 24.7 Å². The van der Waals surface area contributed by atoms with Gasteiger partial charge in [0.2, 0.25) is 5.91 Å². The third kappa shape index (κ3) is 4.74. The highest BCUT2D eigenvalue weighted by Crippen LogP contribution is 2.30. The van der Waals surface area contributed by atoms with Crippen LogP contribution in [0.3, 0.4) is 0 Å². The number of fused-ring (bicyclic) bond motifs is 1. The Morgan fingerprint density at radius 2 is 2.12 bits per heavy atom. The first-order valence-corrected chi connectivity index (χ1v) is 9.57. The molecule has 2 amide bonds. The second-order valence-electron chi connectivity index (χ2n) is 7.15. The lowest BCUT2D eigenvalue weighted by Crippen LogP contribution is -2.40. The number of ether oxygens (including phenoxy) is 2. The van der Waals surface area contributed by atoms with Crippen molar-refractivity contribution in [3.8, 4) is 17.4 Å². The van der Waals surface area contributed by atoms with Crippen LogP contribution in [0.25, 0.3) is 5.52 Å². The molecule has 4 rings (SSSR count). The standard InChI is InChI=1S/C20H18F3N5O4/c1-27-7-5-14(19(27)30)25-17(29)15-10-12-9-13(4-8-28(12)26-15)32-18-16(3-2-6-24-18)31-11-20(21,22)23/h2-4,6,8-10,14H,5,7,11H2,1H3,(H,25,29). The number of hydrogen-bond acceptors (Lipinski definition) is 6. The molecule has 0 radical (unpaired) electrons. The number of rotatable bonds is 6. The minimum Gasteiger partial charge on any atom is -0.478 e. The van der Waals surface area contributed by atoms with Gasteiger partial charge in [-0.2, -0.15) is 18.3 Å². The van der Waals surface area contributed by atoms with Crippen LogP contribution in [0.5, 0.6) is 17.4 Å². The maximum Gasteiger partial charge on any atom is 0.422 e. The second kappa shape index (κ2) is 8.36. The monoisotopic (exact) mass is 449 g/mol. The van der Waals surface area contributed by atoms with Crippen LogP contribution in [-0.4, -0.2) is 63.7 Å². The molecular weight excluding hydrogens is 431 g/mol. The molecule has 0 bridgehead atoms. The third-order valence-corrected chi connectivity index (χ3v) is 4.74. The molecule has 168 valence electrons. The van der Waals surface area contributed by atoms with E-state index in [9.17, 15) is 22.8 Å². The Kier molecular flexibility index (Phi) is 5.59. The molecular formula is C20H18F3N5O4. The third-order valence-electron chi connectivity index (χ3n) is 4.74. The number of likely N-dealkylation sites (tertiary alicyclic amines) is 1. The van der Waals surface area contributed by atoms with Gasteiger partial charge in [-0.25, -0.2) is 9.50 Å². The normalized spacial score (nSPS) is 16.4. The van der Waals surface area contributed by atoms with Gasteiger partial charge in [-0.15, -0.1) is 0 Å². The van der Waals surface area contributed by atoms with Crippen LogP contribution in [-0.2, 0) is 4.79 Å². The predicted octanol–water partition coefficient (Wildman–Crippen LogP) is 2.42. The molecule has 3 aromatic heterocycles. The lowest BCUT2D eigenvalue weighted by atomic mass is 10.2. The van der Waals surface area contributed by atoms with Crippen molar-refractivity contribution >= 4 is 17.3 Å². The fraction of sp³-hybridized carbons (Fsp3) is 0.300. The Bertz CT molecular complexity index is 1160. The van der Waals surface area contributed by atoms with Gasteiger partial charge >= 0.3 is 6.18 Å². The van der Waals surface area contributed by atoms with Crippen LogP contribution in [0, 0.1) is 0 Å². The number of alkyl halides is 3. The molecule has 0 aromatic carbocycles. The number of amides is 2. The van der Waals surface area contributed by atoms with Gasteiger partial charge in [-0.05, 0) is 30.7 Å². The summed E-state index contributed by atoms with van der Waals surface area (Å²) in [6, 6.07) is 6.71. The summed E-state index contributed by atoms with van der Waals surface area (Å²) >= 11 is 0. The van der Waals surface area contributed by atoms with Gasteiger partial charge in [0.1, 0.15) is 11.8 Å². The highest BCUT2D eigenvalue weighted by atomic mass is 19.4. The number of nitrogens with zero attached hydrogens (tertiary/aromatic N) is 4. The first-order valence-electron chi connectivity index (χ1n) is 9.57. The molecule has 12 heteroatoms. The van der Waals surface area contributed by atoms with Crippen LogP contribution in [0.15, 0.2) is 42.7 Å². The van der Waals surface area contributed by atoms with Crippen molar-refractivity contribution in [2.45, 2.75) is 18.6 Å². The van der Waals surface area contributed by atoms with E-state index in [-0.39, 0.29) is 29.0 Å². The molecule has 0 aliphatic carbocycles. The van der Waals surface area contributed by atoms with Crippen molar-refractivity contribution in [2.24, 2.45) is 0 Å². The number of carbonyl (C=O) groups is 2. The molecule has 0 spiro atoms. The molecule has 1 aliphatic rings. The van der Waals surface area contributed by atoms with Gasteiger partial charge in [-0.1, -0.05) is 0 Å². The molecule has 1 fully saturated rings. The minimum atomic E-state index is -4.50. The van der Waals surface area contributed by atoms with Crippen molar-refractivity contribution in [3.05, 3.63) is 48.4 Å². The summed E-state index contributed by atoms with van der Waals surface area (Å²) in [4.78, 5) is 29.9. The lowest BCUT2D eigenvalue weighted by Gasteiger charge is -2.12. The van der Waals surface area contributed by atoms with Gasteiger partial charge in [0, 0.05) is 32.1 Å². The molecule has 32 heavy (non-hydrogen) atoms. The highest BCUT2D eigenvalue weighted by molar-refractivity contribution is 5.97. The SMILES string of the molecule is CN1CCC(NC(=O)c2cc3cc(Oc4ncccc4OCC(F)(F)F)ccn3n2)C1=O. The summed E-state index contributed by atoms with van der Waals surface area (Å²) < 4.78 is 49.2. The first-order chi connectivity index (χ1) is 15.2. The smallest absolute Gasteiger partial charge is 0.422 e. The number of hydrogen-bond donors (Lipinski definition) is 1. The lowest BCUT2D eigenvalue weighted by molar-refractivity contribution is -0.153. The van der Waals surface area contributed by atoms with Crippen molar-refractivity contribution < 1.29 is 32.2 Å². The first kappa shape index (κ1) is 21.4. The fourth-order valence-electron chi connectivity index (χ4n) is 3.17. The van der Waals surface area contributed by atoms with E-state index in [1.165, 1.54) is 41.2 Å². The van der Waals surface area contributed by atoms with E-state index in [0.717, 1.165) is 0 Å². The highest BCUT2D eigenvalue weighted by Gasteiger charge is 2.31. The molecule has 1 saturated heterocycles. The van der Waals surface area contributed by atoms with Crippen LogP contribution in [0.2, 0.25) is 0 Å². The topological polar surface area (TPSA) is 98.1 Å². The van der Waals surface area contributed by atoms with Gasteiger partial charge in [0.25, 0.3) is 11.8 Å². The van der Waals surface area contributed by atoms with Crippen LogP contribution in [0.4, 0.5) is 13.2 Å². The molecule has 1 atom stereocenters. The number of likely N-dealkylation sites (N-methyl/N-ethyl adjacent to an activating group) is 1. The zero-order valence-corrected chi connectivity index (χ0v) is 16.8. The van der Waals surface area contributed by atoms with Crippen molar-refractivity contribution in [1.29, 1.82) is 0 Å². The number of pyridine rings is 2. The van der Waals surface area contributed by atoms with E-state index in [1.54, 1.807) is 18.0 Å².